The summed E-state index contributed by atoms with van der Waals surface area (Å²) in [6.07, 6.45) is 16.8. The van der Waals surface area contributed by atoms with Crippen molar-refractivity contribution >= 4 is 49.9 Å². The van der Waals surface area contributed by atoms with E-state index in [0.29, 0.717) is 24.1 Å². The highest BCUT2D eigenvalue weighted by atomic mass is 79.9. The summed E-state index contributed by atoms with van der Waals surface area (Å²) >= 11 is 5.24. The smallest absolute Gasteiger partial charge is 0.419 e. The topological polar surface area (TPSA) is 74.1 Å². The van der Waals surface area contributed by atoms with Crippen LogP contribution in [-0.2, 0) is 6.54 Å². The molecule has 0 atom stereocenters. The lowest BCUT2D eigenvalue weighted by molar-refractivity contribution is 0.0751. The Morgan fingerprint density at radius 1 is 0.679 bits per heavy atom. The predicted octanol–water partition coefficient (Wildman–Crippen LogP) is 8.45. The minimum atomic E-state index is -0.256. The van der Waals surface area contributed by atoms with Crippen molar-refractivity contribution in [1.82, 2.24) is 29.2 Å². The van der Waals surface area contributed by atoms with Gasteiger partial charge in [-0.25, -0.2) is 9.78 Å². The molecule has 53 heavy (non-hydrogen) atoms. The maximum absolute atomic E-state index is 12.4. The Bertz CT molecular complexity index is 1810. The Kier molecular flexibility index (Phi) is 13.0. The van der Waals surface area contributed by atoms with Crippen LogP contribution in [-0.4, -0.2) is 112 Å². The van der Waals surface area contributed by atoms with E-state index in [1.54, 1.807) is 16.3 Å². The Hall–Kier alpha value is -2.15. The van der Waals surface area contributed by atoms with Crippen LogP contribution in [0.4, 0.5) is 0 Å². The van der Waals surface area contributed by atoms with E-state index in [2.05, 4.69) is 53.7 Å². The molecule has 0 bridgehead atoms. The van der Waals surface area contributed by atoms with Gasteiger partial charge in [-0.1, -0.05) is 53.0 Å². The summed E-state index contributed by atoms with van der Waals surface area (Å²) in [6.45, 7) is 12.7. The number of nitrogens with zero attached hydrogens (tertiary/aromatic N) is 6. The van der Waals surface area contributed by atoms with Crippen molar-refractivity contribution in [2.75, 3.05) is 71.2 Å². The monoisotopic (exact) mass is 806 g/mol. The van der Waals surface area contributed by atoms with Crippen LogP contribution in [0.3, 0.4) is 0 Å². The Morgan fingerprint density at radius 3 is 2.06 bits per heavy atom. The van der Waals surface area contributed by atoms with Crippen molar-refractivity contribution in [3.05, 3.63) is 57.0 Å². The largest absolute Gasteiger partial charge is 0.431 e. The third-order valence-electron chi connectivity index (χ3n) is 12.8. The van der Waals surface area contributed by atoms with Crippen molar-refractivity contribution in [3.63, 3.8) is 0 Å². The lowest BCUT2D eigenvalue weighted by Crippen LogP contribution is -2.51. The van der Waals surface area contributed by atoms with Crippen molar-refractivity contribution in [3.8, 4) is 0 Å². The zero-order valence-electron chi connectivity index (χ0n) is 31.6. The normalized spacial score (nSPS) is 23.4. The maximum atomic E-state index is 12.4. The number of oxazole rings is 2. The SMILES string of the molecule is O=c1oc2cc(Br)ccc2n1CCCCN1CCN(C2CCC(c3ccc4oc(SCCCCN5CCN(C6CCCCC6)CC5)nc4c3)CC2)CC1. The molecule has 288 valence electrons. The number of hydrogen-bond donors (Lipinski definition) is 0. The molecule has 0 N–H and O–H groups in total. The summed E-state index contributed by atoms with van der Waals surface area (Å²) in [7, 11) is 0. The van der Waals surface area contributed by atoms with Gasteiger partial charge in [0.1, 0.15) is 5.52 Å². The van der Waals surface area contributed by atoms with Gasteiger partial charge in [-0.15, -0.1) is 0 Å². The molecular formula is C42H59BrN6O3S. The Balaban J connectivity index is 0.706. The molecule has 2 aromatic heterocycles. The molecule has 0 spiro atoms. The number of rotatable bonds is 14. The van der Waals surface area contributed by atoms with Crippen LogP contribution in [0.5, 0.6) is 0 Å². The van der Waals surface area contributed by atoms with Gasteiger partial charge in [-0.2, -0.15) is 0 Å². The van der Waals surface area contributed by atoms with Crippen LogP contribution >= 0.6 is 27.7 Å². The third kappa shape index (κ3) is 9.63. The van der Waals surface area contributed by atoms with E-state index in [4.69, 9.17) is 13.8 Å². The molecule has 4 heterocycles. The predicted molar refractivity (Wildman–Crippen MR) is 219 cm³/mol. The maximum Gasteiger partial charge on any atom is 0.419 e. The molecule has 2 aliphatic carbocycles. The van der Waals surface area contributed by atoms with E-state index < -0.39 is 0 Å². The fourth-order valence-corrected chi connectivity index (χ4v) is 10.8. The number of fused-ring (bicyclic) bond motifs is 2. The van der Waals surface area contributed by atoms with Crippen LogP contribution in [0.1, 0.15) is 95.0 Å². The van der Waals surface area contributed by atoms with Gasteiger partial charge in [0, 0.05) is 81.2 Å². The summed E-state index contributed by atoms with van der Waals surface area (Å²) in [5, 5.41) is 0.830. The minimum absolute atomic E-state index is 0.256. The quantitative estimate of drug-likeness (QED) is 0.0923. The van der Waals surface area contributed by atoms with Crippen LogP contribution in [0.2, 0.25) is 0 Å². The molecule has 2 aliphatic heterocycles. The molecule has 4 aromatic rings. The average Bonchev–Trinajstić information content (AvgIpc) is 3.75. The van der Waals surface area contributed by atoms with Gasteiger partial charge in [0.25, 0.3) is 5.22 Å². The second-order valence-electron chi connectivity index (χ2n) is 16.2. The first-order valence-electron chi connectivity index (χ1n) is 20.8. The molecule has 2 saturated carbocycles. The molecular weight excluding hydrogens is 748 g/mol. The van der Waals surface area contributed by atoms with Crippen LogP contribution in [0.25, 0.3) is 22.2 Å². The molecule has 0 radical (unpaired) electrons. The zero-order valence-corrected chi connectivity index (χ0v) is 34.0. The summed E-state index contributed by atoms with van der Waals surface area (Å²) in [5.74, 6) is 1.44. The van der Waals surface area contributed by atoms with Crippen molar-refractivity contribution < 1.29 is 8.83 Å². The molecule has 0 amide bonds. The van der Waals surface area contributed by atoms with Gasteiger partial charge in [0.2, 0.25) is 0 Å². The molecule has 4 fully saturated rings. The standard InChI is InChI=1S/C42H59BrN6O3S/c43-34-13-16-38-40(31-34)52-42(50)49(38)20-5-4-18-45-23-27-48(28-24-45)36-14-10-32(11-15-36)33-12-17-39-37(30-33)44-41(51-39)53-29-7-6-19-46-21-25-47(26-22-46)35-8-2-1-3-9-35/h12-13,16-17,30-32,35-36H,1-11,14-15,18-29H2. The van der Waals surface area contributed by atoms with Crippen LogP contribution < -0.4 is 5.76 Å². The van der Waals surface area contributed by atoms with E-state index in [1.807, 2.05) is 18.2 Å². The highest BCUT2D eigenvalue weighted by Crippen LogP contribution is 2.37. The molecule has 2 aromatic carbocycles. The van der Waals surface area contributed by atoms with Crippen molar-refractivity contribution in [1.29, 1.82) is 0 Å². The Labute approximate surface area is 327 Å². The zero-order chi connectivity index (χ0) is 36.0. The minimum Gasteiger partial charge on any atom is -0.431 e. The molecule has 11 heteroatoms. The Morgan fingerprint density at radius 2 is 1.34 bits per heavy atom. The van der Waals surface area contributed by atoms with Gasteiger partial charge in [0.05, 0.1) is 5.52 Å². The van der Waals surface area contributed by atoms with Crippen molar-refractivity contribution in [2.24, 2.45) is 0 Å². The summed E-state index contributed by atoms with van der Waals surface area (Å²) in [5.41, 5.74) is 4.92. The van der Waals surface area contributed by atoms with Gasteiger partial charge < -0.3 is 18.6 Å². The third-order valence-corrected chi connectivity index (χ3v) is 14.2. The number of halogens is 1. The fourth-order valence-electron chi connectivity index (χ4n) is 9.62. The molecule has 2 saturated heterocycles. The van der Waals surface area contributed by atoms with Crippen LogP contribution in [0.15, 0.2) is 59.7 Å². The highest BCUT2D eigenvalue weighted by molar-refractivity contribution is 9.10. The van der Waals surface area contributed by atoms with Crippen molar-refractivity contribution in [2.45, 2.75) is 113 Å². The van der Waals surface area contributed by atoms with E-state index in [0.717, 1.165) is 70.6 Å². The second kappa shape index (κ2) is 18.2. The molecule has 4 aliphatic rings. The lowest BCUT2D eigenvalue weighted by atomic mass is 9.81. The second-order valence-corrected chi connectivity index (χ2v) is 18.1. The van der Waals surface area contributed by atoms with Gasteiger partial charge in [-0.3, -0.25) is 14.4 Å². The number of hydrogen-bond acceptors (Lipinski definition) is 9. The number of aromatic nitrogens is 2. The molecule has 9 nitrogen and oxygen atoms in total. The first-order chi connectivity index (χ1) is 26.1. The number of benzene rings is 2. The molecule has 8 rings (SSSR count). The number of piperazine rings is 2. The van der Waals surface area contributed by atoms with Gasteiger partial charge >= 0.3 is 5.76 Å². The van der Waals surface area contributed by atoms with E-state index in [1.165, 1.54) is 122 Å². The van der Waals surface area contributed by atoms with Crippen LogP contribution in [0, 0.1) is 0 Å². The molecule has 0 unspecified atom stereocenters. The first-order valence-corrected chi connectivity index (χ1v) is 22.6. The number of unbranched alkanes of at least 4 members (excludes halogenated alkanes) is 2. The number of thioether (sulfide) groups is 1. The summed E-state index contributed by atoms with van der Waals surface area (Å²) in [4.78, 5) is 28.1. The summed E-state index contributed by atoms with van der Waals surface area (Å²) < 4.78 is 14.3. The van der Waals surface area contributed by atoms with Gasteiger partial charge in [-0.05, 0) is 119 Å². The van der Waals surface area contributed by atoms with E-state index in [9.17, 15) is 4.79 Å². The highest BCUT2D eigenvalue weighted by Gasteiger charge is 2.29. The fraction of sp³-hybridized carbons (Fsp3) is 0.667. The average molecular weight is 808 g/mol. The summed E-state index contributed by atoms with van der Waals surface area (Å²) in [6, 6.07) is 14.1. The number of aryl methyl sites for hydroxylation is 1. The van der Waals surface area contributed by atoms with E-state index >= 15 is 0 Å². The van der Waals surface area contributed by atoms with Gasteiger partial charge in [0.15, 0.2) is 11.2 Å². The van der Waals surface area contributed by atoms with E-state index in [-0.39, 0.29) is 5.76 Å². The first kappa shape index (κ1) is 37.8. The lowest BCUT2D eigenvalue weighted by Gasteiger charge is -2.42.